The Labute approximate surface area is 194 Å². The van der Waals surface area contributed by atoms with Crippen LogP contribution in [-0.4, -0.2) is 49.1 Å². The summed E-state index contributed by atoms with van der Waals surface area (Å²) in [7, 11) is 0. The van der Waals surface area contributed by atoms with E-state index in [4.69, 9.17) is 0 Å². The van der Waals surface area contributed by atoms with Gasteiger partial charge in [0, 0.05) is 38.6 Å². The van der Waals surface area contributed by atoms with Gasteiger partial charge in [-0.2, -0.15) is 0 Å². The van der Waals surface area contributed by atoms with Crippen LogP contribution in [0, 0.1) is 0 Å². The quantitative estimate of drug-likeness (QED) is 0.335. The molecule has 0 amide bonds. The molecule has 2 heteroatoms. The fraction of sp³-hybridized carbons (Fsp3) is 0.400. The summed E-state index contributed by atoms with van der Waals surface area (Å²) in [5.41, 5.74) is 4.36. The average Bonchev–Trinajstić information content (AvgIpc) is 2.87. The summed E-state index contributed by atoms with van der Waals surface area (Å²) in [4.78, 5) is 5.30. The van der Waals surface area contributed by atoms with Crippen molar-refractivity contribution in [1.29, 1.82) is 0 Å². The van der Waals surface area contributed by atoms with E-state index in [-0.39, 0.29) is 0 Å². The molecule has 0 unspecified atom stereocenters. The van der Waals surface area contributed by atoms with E-state index >= 15 is 0 Å². The highest BCUT2D eigenvalue weighted by molar-refractivity contribution is 5.32. The van der Waals surface area contributed by atoms with Crippen LogP contribution in [0.2, 0.25) is 0 Å². The molecule has 1 saturated heterocycles. The lowest BCUT2D eigenvalue weighted by Crippen LogP contribution is -2.47. The first-order valence-electron chi connectivity index (χ1n) is 12.5. The van der Waals surface area contributed by atoms with Crippen molar-refractivity contribution in [2.45, 2.75) is 38.0 Å². The number of hydrogen-bond acceptors (Lipinski definition) is 2. The highest BCUT2D eigenvalue weighted by Gasteiger charge is 2.17. The summed E-state index contributed by atoms with van der Waals surface area (Å²) in [6.07, 6.45) is 6.35. The van der Waals surface area contributed by atoms with Gasteiger partial charge in [0.2, 0.25) is 0 Å². The van der Waals surface area contributed by atoms with Gasteiger partial charge in [-0.1, -0.05) is 104 Å². The summed E-state index contributed by atoms with van der Waals surface area (Å²) in [5, 5.41) is 0. The van der Waals surface area contributed by atoms with Crippen LogP contribution in [0.15, 0.2) is 91.0 Å². The van der Waals surface area contributed by atoms with Gasteiger partial charge in [-0.3, -0.25) is 0 Å². The third kappa shape index (κ3) is 7.05. The minimum atomic E-state index is 0.519. The first kappa shape index (κ1) is 22.8. The summed E-state index contributed by atoms with van der Waals surface area (Å²) < 4.78 is 0. The fourth-order valence-electron chi connectivity index (χ4n) is 4.93. The van der Waals surface area contributed by atoms with Gasteiger partial charge < -0.3 is 9.80 Å². The predicted octanol–water partition coefficient (Wildman–Crippen LogP) is 6.24. The largest absolute Gasteiger partial charge is 0.301 e. The van der Waals surface area contributed by atoms with Crippen LogP contribution in [0.3, 0.4) is 0 Å². The van der Waals surface area contributed by atoms with Crippen molar-refractivity contribution in [3.63, 3.8) is 0 Å². The molecule has 1 aliphatic heterocycles. The van der Waals surface area contributed by atoms with Crippen molar-refractivity contribution < 1.29 is 0 Å². The second kappa shape index (κ2) is 12.6. The standard InChI is InChI=1S/C30H38N2/c1-5-13-27(14-6-1)20-22-32-25-23-31(24-26-32)21-12-4-11-19-30(28-15-7-2-8-16-28)29-17-9-3-10-18-29/h1-3,5-10,13-18,30H,4,11-12,19-26H2. The van der Waals surface area contributed by atoms with Crippen molar-refractivity contribution in [2.75, 3.05) is 39.3 Å². The molecule has 1 heterocycles. The van der Waals surface area contributed by atoms with E-state index in [1.807, 2.05) is 0 Å². The van der Waals surface area contributed by atoms with Crippen molar-refractivity contribution in [3.05, 3.63) is 108 Å². The van der Waals surface area contributed by atoms with Crippen LogP contribution in [0.4, 0.5) is 0 Å². The lowest BCUT2D eigenvalue weighted by molar-refractivity contribution is 0.131. The van der Waals surface area contributed by atoms with Gasteiger partial charge in [-0.25, -0.2) is 0 Å². The van der Waals surface area contributed by atoms with Gasteiger partial charge in [0.15, 0.2) is 0 Å². The Morgan fingerprint density at radius 3 is 1.59 bits per heavy atom. The molecular formula is C30H38N2. The van der Waals surface area contributed by atoms with Gasteiger partial charge in [0.1, 0.15) is 0 Å². The predicted molar refractivity (Wildman–Crippen MR) is 136 cm³/mol. The zero-order chi connectivity index (χ0) is 21.8. The first-order valence-corrected chi connectivity index (χ1v) is 12.5. The molecule has 168 valence electrons. The molecule has 0 spiro atoms. The molecule has 0 aromatic heterocycles. The third-order valence-corrected chi connectivity index (χ3v) is 6.90. The van der Waals surface area contributed by atoms with Gasteiger partial charge in [0.25, 0.3) is 0 Å². The molecule has 2 nitrogen and oxygen atoms in total. The van der Waals surface area contributed by atoms with E-state index in [9.17, 15) is 0 Å². The van der Waals surface area contributed by atoms with Gasteiger partial charge in [-0.05, 0) is 42.5 Å². The van der Waals surface area contributed by atoms with E-state index in [1.54, 1.807) is 0 Å². The summed E-state index contributed by atoms with van der Waals surface area (Å²) >= 11 is 0. The van der Waals surface area contributed by atoms with Gasteiger partial charge in [0.05, 0.1) is 0 Å². The Morgan fingerprint density at radius 1 is 0.531 bits per heavy atom. The summed E-state index contributed by atoms with van der Waals surface area (Å²) in [6.45, 7) is 7.34. The number of nitrogens with zero attached hydrogens (tertiary/aromatic N) is 2. The molecule has 0 aliphatic carbocycles. The summed E-state index contributed by atoms with van der Waals surface area (Å²) in [5.74, 6) is 0.519. The second-order valence-corrected chi connectivity index (χ2v) is 9.14. The lowest BCUT2D eigenvalue weighted by atomic mass is 9.87. The number of piperazine rings is 1. The Balaban J connectivity index is 1.14. The van der Waals surface area contributed by atoms with Crippen molar-refractivity contribution in [2.24, 2.45) is 0 Å². The molecule has 1 fully saturated rings. The van der Waals surface area contributed by atoms with E-state index in [2.05, 4.69) is 101 Å². The van der Waals surface area contributed by atoms with Crippen LogP contribution < -0.4 is 0 Å². The van der Waals surface area contributed by atoms with Gasteiger partial charge >= 0.3 is 0 Å². The van der Waals surface area contributed by atoms with Crippen molar-refractivity contribution >= 4 is 0 Å². The van der Waals surface area contributed by atoms with Gasteiger partial charge in [-0.15, -0.1) is 0 Å². The Hall–Kier alpha value is -2.42. The fourth-order valence-corrected chi connectivity index (χ4v) is 4.93. The number of hydrogen-bond donors (Lipinski definition) is 0. The highest BCUT2D eigenvalue weighted by Crippen LogP contribution is 2.29. The first-order chi connectivity index (χ1) is 15.9. The van der Waals surface area contributed by atoms with E-state index in [0.29, 0.717) is 5.92 Å². The molecule has 0 atom stereocenters. The molecule has 3 aromatic carbocycles. The average molecular weight is 427 g/mol. The SMILES string of the molecule is c1ccc(CCN2CCN(CCCCCC(c3ccccc3)c3ccccc3)CC2)cc1. The molecule has 0 saturated carbocycles. The minimum Gasteiger partial charge on any atom is -0.301 e. The Bertz CT molecular complexity index is 831. The van der Waals surface area contributed by atoms with E-state index < -0.39 is 0 Å². The Morgan fingerprint density at radius 2 is 1.03 bits per heavy atom. The normalized spacial score (nSPS) is 15.3. The van der Waals surface area contributed by atoms with Crippen LogP contribution in [0.1, 0.15) is 48.3 Å². The molecular weight excluding hydrogens is 388 g/mol. The monoisotopic (exact) mass is 426 g/mol. The maximum Gasteiger partial charge on any atom is 0.0110 e. The molecule has 3 aromatic rings. The van der Waals surface area contributed by atoms with Crippen LogP contribution in [0.25, 0.3) is 0 Å². The highest BCUT2D eigenvalue weighted by atomic mass is 15.3. The zero-order valence-corrected chi connectivity index (χ0v) is 19.4. The molecule has 1 aliphatic rings. The van der Waals surface area contributed by atoms with Crippen molar-refractivity contribution in [1.82, 2.24) is 9.80 Å². The zero-order valence-electron chi connectivity index (χ0n) is 19.4. The molecule has 0 N–H and O–H groups in total. The van der Waals surface area contributed by atoms with Crippen molar-refractivity contribution in [3.8, 4) is 0 Å². The lowest BCUT2D eigenvalue weighted by Gasteiger charge is -2.34. The number of rotatable bonds is 11. The number of unbranched alkanes of at least 4 members (excludes halogenated alkanes) is 2. The topological polar surface area (TPSA) is 6.48 Å². The van der Waals surface area contributed by atoms with E-state index in [1.165, 1.54) is 88.1 Å². The summed E-state index contributed by atoms with van der Waals surface area (Å²) in [6, 6.07) is 33.0. The molecule has 32 heavy (non-hydrogen) atoms. The molecule has 4 rings (SSSR count). The maximum atomic E-state index is 2.67. The second-order valence-electron chi connectivity index (χ2n) is 9.14. The molecule has 0 bridgehead atoms. The minimum absolute atomic E-state index is 0.519. The smallest absolute Gasteiger partial charge is 0.0110 e. The van der Waals surface area contributed by atoms with E-state index in [0.717, 1.165) is 0 Å². The van der Waals surface area contributed by atoms with Crippen LogP contribution in [-0.2, 0) is 6.42 Å². The van der Waals surface area contributed by atoms with Crippen LogP contribution >= 0.6 is 0 Å². The third-order valence-electron chi connectivity index (χ3n) is 6.90. The maximum absolute atomic E-state index is 2.67. The molecule has 0 radical (unpaired) electrons. The Kier molecular flexibility index (Phi) is 8.94. The number of benzene rings is 3. The van der Waals surface area contributed by atoms with Crippen LogP contribution in [0.5, 0.6) is 0 Å².